The number of amides is 1. The van der Waals surface area contributed by atoms with Crippen molar-refractivity contribution in [3.05, 3.63) is 12.1 Å². The maximum absolute atomic E-state index is 12.4. The van der Waals surface area contributed by atoms with Crippen LogP contribution in [-0.4, -0.2) is 61.2 Å². The third-order valence-corrected chi connectivity index (χ3v) is 5.45. The SMILES string of the molecule is COc1cc(-c2nnc(SCC(=O)N3CCC[C@H](C)C3)o2)cc(OC)c1OC. The lowest BCUT2D eigenvalue weighted by Gasteiger charge is -2.30. The molecule has 8 nitrogen and oxygen atoms in total. The van der Waals surface area contributed by atoms with Crippen molar-refractivity contribution >= 4 is 17.7 Å². The number of likely N-dealkylation sites (tertiary alicyclic amines) is 1. The fraction of sp³-hybridized carbons (Fsp3) is 0.526. The monoisotopic (exact) mass is 407 g/mol. The lowest BCUT2D eigenvalue weighted by molar-refractivity contribution is -0.130. The van der Waals surface area contributed by atoms with Crippen LogP contribution in [0.15, 0.2) is 21.8 Å². The first kappa shape index (κ1) is 20.3. The summed E-state index contributed by atoms with van der Waals surface area (Å²) in [6.07, 6.45) is 2.24. The smallest absolute Gasteiger partial charge is 0.277 e. The molecule has 1 saturated heterocycles. The topological polar surface area (TPSA) is 86.9 Å². The number of carbonyl (C=O) groups excluding carboxylic acids is 1. The minimum Gasteiger partial charge on any atom is -0.493 e. The molecular weight excluding hydrogens is 382 g/mol. The molecule has 9 heteroatoms. The first-order valence-corrected chi connectivity index (χ1v) is 10.1. The van der Waals surface area contributed by atoms with Gasteiger partial charge in [0, 0.05) is 18.7 Å². The maximum atomic E-state index is 12.4. The molecule has 1 aromatic heterocycles. The summed E-state index contributed by atoms with van der Waals surface area (Å²) in [7, 11) is 4.63. The molecule has 1 aliphatic heterocycles. The van der Waals surface area contributed by atoms with Gasteiger partial charge in [-0.1, -0.05) is 18.7 Å². The summed E-state index contributed by atoms with van der Waals surface area (Å²) < 4.78 is 21.7. The van der Waals surface area contributed by atoms with Crippen molar-refractivity contribution in [1.82, 2.24) is 15.1 Å². The van der Waals surface area contributed by atoms with E-state index >= 15 is 0 Å². The van der Waals surface area contributed by atoms with E-state index in [9.17, 15) is 4.79 Å². The Morgan fingerprint density at radius 2 is 1.93 bits per heavy atom. The minimum atomic E-state index is 0.101. The standard InChI is InChI=1S/C19H25N3O5S/c1-12-6-5-7-22(10-12)16(23)11-28-19-21-20-18(27-19)13-8-14(24-2)17(26-4)15(9-13)25-3/h8-9,12H,5-7,10-11H2,1-4H3/t12-/m0/s1. The molecule has 152 valence electrons. The molecule has 1 atom stereocenters. The van der Waals surface area contributed by atoms with Gasteiger partial charge >= 0.3 is 0 Å². The number of carbonyl (C=O) groups is 1. The van der Waals surface area contributed by atoms with E-state index in [1.807, 2.05) is 4.90 Å². The largest absolute Gasteiger partial charge is 0.493 e. The van der Waals surface area contributed by atoms with Crippen LogP contribution in [0.25, 0.3) is 11.5 Å². The molecule has 1 fully saturated rings. The Bertz CT molecular complexity index is 801. The van der Waals surface area contributed by atoms with Crippen LogP contribution in [0.4, 0.5) is 0 Å². The average molecular weight is 407 g/mol. The zero-order chi connectivity index (χ0) is 20.1. The van der Waals surface area contributed by atoms with Crippen molar-refractivity contribution in [3.8, 4) is 28.7 Å². The Balaban J connectivity index is 1.69. The summed E-state index contributed by atoms with van der Waals surface area (Å²) in [6, 6.07) is 3.48. The van der Waals surface area contributed by atoms with Gasteiger partial charge in [-0.05, 0) is 30.9 Å². The van der Waals surface area contributed by atoms with Crippen LogP contribution in [-0.2, 0) is 4.79 Å². The molecule has 2 heterocycles. The van der Waals surface area contributed by atoms with E-state index in [0.29, 0.717) is 39.8 Å². The number of benzene rings is 1. The van der Waals surface area contributed by atoms with Crippen molar-refractivity contribution in [2.45, 2.75) is 25.0 Å². The highest BCUT2D eigenvalue weighted by Crippen LogP contribution is 2.41. The molecule has 0 saturated carbocycles. The number of rotatable bonds is 7. The van der Waals surface area contributed by atoms with E-state index in [2.05, 4.69) is 17.1 Å². The van der Waals surface area contributed by atoms with Crippen LogP contribution in [0, 0.1) is 5.92 Å². The van der Waals surface area contributed by atoms with E-state index in [1.165, 1.54) is 18.2 Å². The van der Waals surface area contributed by atoms with Gasteiger partial charge in [-0.15, -0.1) is 10.2 Å². The molecule has 1 amide bonds. The Hall–Kier alpha value is -2.42. The number of nitrogens with zero attached hydrogens (tertiary/aromatic N) is 3. The summed E-state index contributed by atoms with van der Waals surface area (Å²) >= 11 is 1.25. The number of hydrogen-bond acceptors (Lipinski definition) is 8. The Morgan fingerprint density at radius 3 is 2.54 bits per heavy atom. The number of aromatic nitrogens is 2. The van der Waals surface area contributed by atoms with Crippen molar-refractivity contribution in [2.75, 3.05) is 40.2 Å². The van der Waals surface area contributed by atoms with Gasteiger partial charge in [0.15, 0.2) is 11.5 Å². The summed E-state index contributed by atoms with van der Waals surface area (Å²) in [5, 5.41) is 8.47. The Kier molecular flexibility index (Phi) is 6.66. The van der Waals surface area contributed by atoms with Crippen molar-refractivity contribution in [2.24, 2.45) is 5.92 Å². The second-order valence-electron chi connectivity index (χ2n) is 6.66. The lowest BCUT2D eigenvalue weighted by atomic mass is 10.0. The van der Waals surface area contributed by atoms with E-state index < -0.39 is 0 Å². The van der Waals surface area contributed by atoms with E-state index in [4.69, 9.17) is 18.6 Å². The third kappa shape index (κ3) is 4.52. The third-order valence-electron chi connectivity index (χ3n) is 4.65. The zero-order valence-corrected chi connectivity index (χ0v) is 17.4. The van der Waals surface area contributed by atoms with Crippen LogP contribution in [0.5, 0.6) is 17.2 Å². The lowest BCUT2D eigenvalue weighted by Crippen LogP contribution is -2.40. The second-order valence-corrected chi connectivity index (χ2v) is 7.59. The number of methoxy groups -OCH3 is 3. The fourth-order valence-corrected chi connectivity index (χ4v) is 3.89. The van der Waals surface area contributed by atoms with Gasteiger partial charge in [0.05, 0.1) is 27.1 Å². The molecule has 0 unspecified atom stereocenters. The molecule has 1 aliphatic rings. The van der Waals surface area contributed by atoms with Crippen molar-refractivity contribution in [3.63, 3.8) is 0 Å². The molecule has 2 aromatic rings. The highest BCUT2D eigenvalue weighted by molar-refractivity contribution is 7.99. The molecule has 0 bridgehead atoms. The number of ether oxygens (including phenoxy) is 3. The predicted molar refractivity (Wildman–Crippen MR) is 105 cm³/mol. The van der Waals surface area contributed by atoms with Crippen LogP contribution < -0.4 is 14.2 Å². The van der Waals surface area contributed by atoms with Crippen LogP contribution in [0.1, 0.15) is 19.8 Å². The molecular formula is C19H25N3O5S. The highest BCUT2D eigenvalue weighted by atomic mass is 32.2. The molecule has 0 aliphatic carbocycles. The fourth-order valence-electron chi connectivity index (χ4n) is 3.22. The van der Waals surface area contributed by atoms with Gasteiger partial charge < -0.3 is 23.5 Å². The van der Waals surface area contributed by atoms with E-state index in [1.54, 1.807) is 33.5 Å². The van der Waals surface area contributed by atoms with Crippen LogP contribution in [0.3, 0.4) is 0 Å². The molecule has 28 heavy (non-hydrogen) atoms. The van der Waals surface area contributed by atoms with Gasteiger partial charge in [-0.3, -0.25) is 4.79 Å². The molecule has 0 radical (unpaired) electrons. The highest BCUT2D eigenvalue weighted by Gasteiger charge is 2.22. The van der Waals surface area contributed by atoms with Gasteiger partial charge in [0.25, 0.3) is 5.22 Å². The maximum Gasteiger partial charge on any atom is 0.277 e. The number of thioether (sulfide) groups is 1. The first-order valence-electron chi connectivity index (χ1n) is 9.10. The summed E-state index contributed by atoms with van der Waals surface area (Å²) in [5.41, 5.74) is 0.644. The first-order chi connectivity index (χ1) is 13.5. The van der Waals surface area contributed by atoms with Gasteiger partial charge in [0.2, 0.25) is 17.5 Å². The molecule has 1 aromatic carbocycles. The van der Waals surface area contributed by atoms with Crippen molar-refractivity contribution in [1.29, 1.82) is 0 Å². The zero-order valence-electron chi connectivity index (χ0n) is 16.6. The number of hydrogen-bond donors (Lipinski definition) is 0. The van der Waals surface area contributed by atoms with Gasteiger partial charge in [-0.25, -0.2) is 0 Å². The average Bonchev–Trinajstić information content (AvgIpc) is 3.19. The summed E-state index contributed by atoms with van der Waals surface area (Å²) in [6.45, 7) is 3.82. The molecule has 0 N–H and O–H groups in total. The second kappa shape index (κ2) is 9.18. The molecule has 0 spiro atoms. The van der Waals surface area contributed by atoms with E-state index in [-0.39, 0.29) is 11.7 Å². The quantitative estimate of drug-likeness (QED) is 0.647. The normalized spacial score (nSPS) is 16.7. The Morgan fingerprint density at radius 1 is 1.21 bits per heavy atom. The summed E-state index contributed by atoms with van der Waals surface area (Å²) in [4.78, 5) is 14.3. The molecule has 3 rings (SSSR count). The Labute approximate surface area is 168 Å². The van der Waals surface area contributed by atoms with Gasteiger partial charge in [0.1, 0.15) is 0 Å². The van der Waals surface area contributed by atoms with E-state index in [0.717, 1.165) is 19.5 Å². The summed E-state index contributed by atoms with van der Waals surface area (Å²) in [5.74, 6) is 2.74. The van der Waals surface area contributed by atoms with Crippen molar-refractivity contribution < 1.29 is 23.4 Å². The van der Waals surface area contributed by atoms with Crippen LogP contribution >= 0.6 is 11.8 Å². The van der Waals surface area contributed by atoms with Crippen LogP contribution in [0.2, 0.25) is 0 Å². The van der Waals surface area contributed by atoms with Gasteiger partial charge in [-0.2, -0.15) is 0 Å². The number of piperidine rings is 1. The minimum absolute atomic E-state index is 0.101. The predicted octanol–water partition coefficient (Wildman–Crippen LogP) is 3.11.